The van der Waals surface area contributed by atoms with E-state index in [4.69, 9.17) is 14.2 Å². The Labute approximate surface area is 177 Å². The van der Waals surface area contributed by atoms with Gasteiger partial charge in [0.2, 0.25) is 10.0 Å². The summed E-state index contributed by atoms with van der Waals surface area (Å²) in [6.45, 7) is 0.899. The zero-order valence-corrected chi connectivity index (χ0v) is 18.4. The lowest BCUT2D eigenvalue weighted by Gasteiger charge is -2.14. The van der Waals surface area contributed by atoms with Crippen LogP contribution in [0.15, 0.2) is 52.4 Å². The average Bonchev–Trinajstić information content (AvgIpc) is 2.76. The second-order valence-electron chi connectivity index (χ2n) is 6.16. The molecule has 2 rings (SSSR count). The maximum Gasteiger partial charge on any atom is 0.240 e. The minimum Gasteiger partial charge on any atom is -0.493 e. The predicted molar refractivity (Wildman–Crippen MR) is 117 cm³/mol. The lowest BCUT2D eigenvalue weighted by molar-refractivity contribution is 0.204. The van der Waals surface area contributed by atoms with E-state index in [2.05, 4.69) is 20.3 Å². The first-order valence-electron chi connectivity index (χ1n) is 9.20. The summed E-state index contributed by atoms with van der Waals surface area (Å²) in [5.41, 5.74) is 1.55. The van der Waals surface area contributed by atoms with E-state index in [1.54, 1.807) is 51.6 Å². The van der Waals surface area contributed by atoms with Crippen molar-refractivity contribution in [1.29, 1.82) is 0 Å². The van der Waals surface area contributed by atoms with Crippen molar-refractivity contribution in [2.75, 3.05) is 46.8 Å². The molecule has 10 heteroatoms. The van der Waals surface area contributed by atoms with E-state index in [-0.39, 0.29) is 11.4 Å². The number of hydrogen-bond donors (Lipinski definition) is 3. The van der Waals surface area contributed by atoms with Gasteiger partial charge in [-0.25, -0.2) is 13.1 Å². The maximum absolute atomic E-state index is 12.4. The normalized spacial score (nSPS) is 11.8. The maximum atomic E-state index is 12.4. The summed E-state index contributed by atoms with van der Waals surface area (Å²) in [5.74, 6) is 1.74. The number of aliphatic imine (C=N–C) groups is 1. The molecule has 9 nitrogen and oxygen atoms in total. The zero-order chi connectivity index (χ0) is 22.0. The lowest BCUT2D eigenvalue weighted by atomic mass is 10.2. The van der Waals surface area contributed by atoms with Crippen LogP contribution in [0.1, 0.15) is 5.56 Å². The van der Waals surface area contributed by atoms with Gasteiger partial charge >= 0.3 is 0 Å². The number of ether oxygens (including phenoxy) is 3. The Bertz CT molecular complexity index is 963. The molecule has 164 valence electrons. The molecule has 0 radical (unpaired) electrons. The highest BCUT2D eigenvalue weighted by molar-refractivity contribution is 7.89. The van der Waals surface area contributed by atoms with Crippen LogP contribution in [0.25, 0.3) is 0 Å². The molecule has 0 bridgehead atoms. The highest BCUT2D eigenvalue weighted by atomic mass is 32.2. The fourth-order valence-electron chi connectivity index (χ4n) is 2.60. The van der Waals surface area contributed by atoms with Gasteiger partial charge in [0.1, 0.15) is 0 Å². The summed E-state index contributed by atoms with van der Waals surface area (Å²) in [6.07, 6.45) is 0. The summed E-state index contributed by atoms with van der Waals surface area (Å²) in [5, 5.41) is 6.33. The van der Waals surface area contributed by atoms with E-state index >= 15 is 0 Å². The van der Waals surface area contributed by atoms with Crippen molar-refractivity contribution in [2.24, 2.45) is 4.99 Å². The van der Waals surface area contributed by atoms with Crippen LogP contribution < -0.4 is 24.8 Å². The summed E-state index contributed by atoms with van der Waals surface area (Å²) in [6, 6.07) is 12.1. The average molecular weight is 437 g/mol. The van der Waals surface area contributed by atoms with E-state index in [1.807, 2.05) is 12.1 Å². The van der Waals surface area contributed by atoms with Crippen LogP contribution in [0.5, 0.6) is 11.5 Å². The number of hydrogen-bond acceptors (Lipinski definition) is 6. The number of rotatable bonds is 10. The van der Waals surface area contributed by atoms with Crippen LogP contribution in [0.4, 0.5) is 5.69 Å². The summed E-state index contributed by atoms with van der Waals surface area (Å²) in [7, 11) is 2.72. The topological polar surface area (TPSA) is 110 Å². The van der Waals surface area contributed by atoms with Crippen molar-refractivity contribution in [3.8, 4) is 11.5 Å². The van der Waals surface area contributed by atoms with Gasteiger partial charge in [-0.3, -0.25) is 4.99 Å². The van der Waals surface area contributed by atoms with Crippen molar-refractivity contribution in [2.45, 2.75) is 11.4 Å². The highest BCUT2D eigenvalue weighted by Crippen LogP contribution is 2.29. The Hall–Kier alpha value is -2.82. The Morgan fingerprint density at radius 1 is 1.03 bits per heavy atom. The SMILES string of the molecule is CN=C(NCc1cccc(S(=O)(=O)NCCOC)c1)Nc1ccc(OC)c(OC)c1. The molecule has 0 aliphatic carbocycles. The standard InChI is InChI=1S/C20H28N4O5S/c1-21-20(24-16-8-9-18(28-3)19(13-16)29-4)22-14-15-6-5-7-17(12-15)30(25,26)23-10-11-27-2/h5-9,12-13,23H,10-11,14H2,1-4H3,(H2,21,22,24). The van der Waals surface area contributed by atoms with E-state index in [0.717, 1.165) is 11.3 Å². The number of benzene rings is 2. The first-order valence-corrected chi connectivity index (χ1v) is 10.7. The molecule has 3 N–H and O–H groups in total. The smallest absolute Gasteiger partial charge is 0.240 e. The molecule has 0 saturated heterocycles. The molecule has 0 aliphatic rings. The molecule has 30 heavy (non-hydrogen) atoms. The van der Waals surface area contributed by atoms with E-state index in [0.29, 0.717) is 30.6 Å². The fourth-order valence-corrected chi connectivity index (χ4v) is 3.68. The van der Waals surface area contributed by atoms with Gasteiger partial charge in [0, 0.05) is 39.0 Å². The predicted octanol–water partition coefficient (Wildman–Crippen LogP) is 1.82. The van der Waals surface area contributed by atoms with Crippen molar-refractivity contribution in [3.63, 3.8) is 0 Å². The van der Waals surface area contributed by atoms with Crippen molar-refractivity contribution >= 4 is 21.7 Å². The van der Waals surface area contributed by atoms with Crippen LogP contribution in [0.2, 0.25) is 0 Å². The van der Waals surface area contributed by atoms with Crippen molar-refractivity contribution in [3.05, 3.63) is 48.0 Å². The molecule has 0 amide bonds. The first kappa shape index (κ1) is 23.5. The number of guanidine groups is 1. The number of nitrogens with one attached hydrogen (secondary N) is 3. The van der Waals surface area contributed by atoms with Gasteiger partial charge in [-0.1, -0.05) is 12.1 Å². The Balaban J connectivity index is 2.03. The number of methoxy groups -OCH3 is 3. The number of sulfonamides is 1. The summed E-state index contributed by atoms with van der Waals surface area (Å²) in [4.78, 5) is 4.39. The summed E-state index contributed by atoms with van der Waals surface area (Å²) >= 11 is 0. The third-order valence-electron chi connectivity index (χ3n) is 4.14. The van der Waals surface area contributed by atoms with Crippen LogP contribution >= 0.6 is 0 Å². The Morgan fingerprint density at radius 3 is 2.47 bits per heavy atom. The van der Waals surface area contributed by atoms with E-state index in [9.17, 15) is 8.42 Å². The molecule has 0 unspecified atom stereocenters. The van der Waals surface area contributed by atoms with E-state index in [1.165, 1.54) is 7.11 Å². The van der Waals surface area contributed by atoms with Crippen LogP contribution in [-0.4, -0.2) is 55.9 Å². The second-order valence-corrected chi connectivity index (χ2v) is 7.93. The number of nitrogens with zero attached hydrogens (tertiary/aromatic N) is 1. The minimum absolute atomic E-state index is 0.195. The second kappa shape index (κ2) is 11.4. The zero-order valence-electron chi connectivity index (χ0n) is 17.6. The van der Waals surface area contributed by atoms with Crippen molar-refractivity contribution < 1.29 is 22.6 Å². The van der Waals surface area contributed by atoms with Gasteiger partial charge in [-0.05, 0) is 29.8 Å². The van der Waals surface area contributed by atoms with Gasteiger partial charge in [0.05, 0.1) is 25.7 Å². The molecule has 0 aliphatic heterocycles. The van der Waals surface area contributed by atoms with Crippen LogP contribution in [0.3, 0.4) is 0 Å². The fraction of sp³-hybridized carbons (Fsp3) is 0.350. The quantitative estimate of drug-likeness (QED) is 0.296. The molecular weight excluding hydrogens is 408 g/mol. The molecule has 0 aromatic heterocycles. The van der Waals surface area contributed by atoms with Crippen molar-refractivity contribution in [1.82, 2.24) is 10.0 Å². The van der Waals surface area contributed by atoms with Gasteiger partial charge in [0.25, 0.3) is 0 Å². The molecule has 0 fully saturated rings. The molecule has 2 aromatic carbocycles. The molecule has 0 saturated carbocycles. The third kappa shape index (κ3) is 6.61. The largest absolute Gasteiger partial charge is 0.493 e. The summed E-state index contributed by atoms with van der Waals surface area (Å²) < 4.78 is 42.6. The third-order valence-corrected chi connectivity index (χ3v) is 5.60. The highest BCUT2D eigenvalue weighted by Gasteiger charge is 2.14. The molecule has 0 atom stereocenters. The minimum atomic E-state index is -3.59. The van der Waals surface area contributed by atoms with Crippen LogP contribution in [0, 0.1) is 0 Å². The van der Waals surface area contributed by atoms with Gasteiger partial charge in [-0.15, -0.1) is 0 Å². The van der Waals surface area contributed by atoms with E-state index < -0.39 is 10.0 Å². The molecule has 2 aromatic rings. The molecule has 0 heterocycles. The van der Waals surface area contributed by atoms with Gasteiger partial charge < -0.3 is 24.8 Å². The monoisotopic (exact) mass is 436 g/mol. The number of anilines is 1. The molecular formula is C20H28N4O5S. The first-order chi connectivity index (χ1) is 14.4. The van der Waals surface area contributed by atoms with Crippen LogP contribution in [-0.2, 0) is 21.3 Å². The Morgan fingerprint density at radius 2 is 1.80 bits per heavy atom. The van der Waals surface area contributed by atoms with Gasteiger partial charge in [0.15, 0.2) is 17.5 Å². The lowest BCUT2D eigenvalue weighted by Crippen LogP contribution is -2.30. The molecule has 0 spiro atoms. The Kier molecular flexibility index (Phi) is 8.90. The van der Waals surface area contributed by atoms with Gasteiger partial charge in [-0.2, -0.15) is 0 Å².